The molecule has 1 N–H and O–H groups in total. The molecule has 1 amide bonds. The van der Waals surface area contributed by atoms with E-state index >= 15 is 0 Å². The Morgan fingerprint density at radius 3 is 2.55 bits per heavy atom. The summed E-state index contributed by atoms with van der Waals surface area (Å²) < 4.78 is 5.27. The Hall–Kier alpha value is -3.45. The molecule has 146 valence electrons. The van der Waals surface area contributed by atoms with Gasteiger partial charge >= 0.3 is 5.91 Å². The molecule has 6 nitrogen and oxygen atoms in total. The SMILES string of the molecule is COc1ccc(C(O)=C2C(=O)C(=O)N(c3nccs3)C2c2ccccc2)cc1C. The van der Waals surface area contributed by atoms with Crippen LogP contribution in [-0.2, 0) is 9.59 Å². The van der Waals surface area contributed by atoms with Gasteiger partial charge in [0.25, 0.3) is 5.78 Å². The lowest BCUT2D eigenvalue weighted by Gasteiger charge is -2.23. The van der Waals surface area contributed by atoms with Crippen molar-refractivity contribution in [1.82, 2.24) is 4.98 Å². The molecule has 29 heavy (non-hydrogen) atoms. The first-order valence-corrected chi connectivity index (χ1v) is 9.81. The fourth-order valence-electron chi connectivity index (χ4n) is 3.50. The van der Waals surface area contributed by atoms with Gasteiger partial charge in [-0.1, -0.05) is 30.3 Å². The third-order valence-corrected chi connectivity index (χ3v) is 5.62. The van der Waals surface area contributed by atoms with Crippen molar-refractivity contribution in [2.24, 2.45) is 0 Å². The lowest BCUT2D eigenvalue weighted by molar-refractivity contribution is -0.132. The van der Waals surface area contributed by atoms with Crippen LogP contribution < -0.4 is 9.64 Å². The van der Waals surface area contributed by atoms with Crippen LogP contribution in [0.15, 0.2) is 65.7 Å². The van der Waals surface area contributed by atoms with Crippen molar-refractivity contribution < 1.29 is 19.4 Å². The van der Waals surface area contributed by atoms with Crippen molar-refractivity contribution in [2.75, 3.05) is 12.0 Å². The van der Waals surface area contributed by atoms with E-state index in [-0.39, 0.29) is 11.3 Å². The van der Waals surface area contributed by atoms with E-state index in [4.69, 9.17) is 4.74 Å². The number of anilines is 1. The van der Waals surface area contributed by atoms with Crippen LogP contribution in [0.5, 0.6) is 5.75 Å². The molecule has 4 rings (SSSR count). The number of aliphatic hydroxyl groups is 1. The highest BCUT2D eigenvalue weighted by molar-refractivity contribution is 7.14. The summed E-state index contributed by atoms with van der Waals surface area (Å²) in [4.78, 5) is 31.4. The molecule has 0 bridgehead atoms. The molecule has 7 heteroatoms. The Morgan fingerprint density at radius 2 is 1.93 bits per heavy atom. The number of hydrogen-bond donors (Lipinski definition) is 1. The number of Topliss-reactive ketones (excluding diaryl/α,β-unsaturated/α-hetero) is 1. The molecule has 0 aliphatic carbocycles. The second-order valence-corrected chi connectivity index (χ2v) is 7.45. The number of amides is 1. The summed E-state index contributed by atoms with van der Waals surface area (Å²) in [6.45, 7) is 1.85. The number of hydrogen-bond acceptors (Lipinski definition) is 6. The molecule has 0 spiro atoms. The van der Waals surface area contributed by atoms with Crippen molar-refractivity contribution >= 4 is 33.9 Å². The first-order valence-electron chi connectivity index (χ1n) is 8.93. The molecule has 1 aromatic heterocycles. The average molecular weight is 406 g/mol. The topological polar surface area (TPSA) is 79.7 Å². The second-order valence-electron chi connectivity index (χ2n) is 6.58. The van der Waals surface area contributed by atoms with Gasteiger partial charge in [-0.2, -0.15) is 0 Å². The van der Waals surface area contributed by atoms with Gasteiger partial charge in [-0.25, -0.2) is 4.98 Å². The third-order valence-electron chi connectivity index (χ3n) is 4.85. The standard InChI is InChI=1S/C22H18N2O4S/c1-13-12-15(8-9-16(13)28-2)19(25)17-18(14-6-4-3-5-7-14)24(21(27)20(17)26)22-23-10-11-29-22/h3-12,18,25H,1-2H3. The van der Waals surface area contributed by atoms with Crippen LogP contribution >= 0.6 is 11.3 Å². The first kappa shape index (κ1) is 18.9. The van der Waals surface area contributed by atoms with E-state index in [1.54, 1.807) is 36.9 Å². The highest BCUT2D eigenvalue weighted by Gasteiger charge is 2.47. The van der Waals surface area contributed by atoms with E-state index in [9.17, 15) is 14.7 Å². The second kappa shape index (κ2) is 7.52. The van der Waals surface area contributed by atoms with E-state index in [1.165, 1.54) is 16.2 Å². The minimum atomic E-state index is -0.759. The number of aliphatic hydroxyl groups excluding tert-OH is 1. The molecule has 1 aliphatic heterocycles. The van der Waals surface area contributed by atoms with Crippen molar-refractivity contribution in [3.63, 3.8) is 0 Å². The third kappa shape index (κ3) is 3.19. The van der Waals surface area contributed by atoms with Crippen molar-refractivity contribution in [2.45, 2.75) is 13.0 Å². The fraction of sp³-hybridized carbons (Fsp3) is 0.136. The maximum absolute atomic E-state index is 13.0. The van der Waals surface area contributed by atoms with Crippen LogP contribution in [0.2, 0.25) is 0 Å². The molecule has 3 aromatic rings. The number of rotatable bonds is 4. The summed E-state index contributed by atoms with van der Waals surface area (Å²) in [5.41, 5.74) is 2.01. The van der Waals surface area contributed by atoms with Crippen LogP contribution in [-0.4, -0.2) is 28.9 Å². The van der Waals surface area contributed by atoms with Gasteiger partial charge in [0, 0.05) is 17.1 Å². The number of aromatic nitrogens is 1. The maximum Gasteiger partial charge on any atom is 0.301 e. The predicted molar refractivity (Wildman–Crippen MR) is 111 cm³/mol. The van der Waals surface area contributed by atoms with E-state index in [1.807, 2.05) is 37.3 Å². The predicted octanol–water partition coefficient (Wildman–Crippen LogP) is 4.09. The Balaban J connectivity index is 1.92. The lowest BCUT2D eigenvalue weighted by Crippen LogP contribution is -2.29. The lowest BCUT2D eigenvalue weighted by atomic mass is 9.95. The van der Waals surface area contributed by atoms with Gasteiger partial charge in [-0.3, -0.25) is 14.5 Å². The molecule has 2 heterocycles. The van der Waals surface area contributed by atoms with Gasteiger partial charge in [0.15, 0.2) is 5.13 Å². The number of benzene rings is 2. The zero-order valence-electron chi connectivity index (χ0n) is 15.8. The van der Waals surface area contributed by atoms with Crippen LogP contribution in [0.4, 0.5) is 5.13 Å². The largest absolute Gasteiger partial charge is 0.507 e. The summed E-state index contributed by atoms with van der Waals surface area (Å²) >= 11 is 1.26. The van der Waals surface area contributed by atoms with Gasteiger partial charge in [0.05, 0.1) is 18.7 Å². The molecule has 2 aromatic carbocycles. The summed E-state index contributed by atoms with van der Waals surface area (Å²) in [7, 11) is 1.57. The highest BCUT2D eigenvalue weighted by atomic mass is 32.1. The Morgan fingerprint density at radius 1 is 1.17 bits per heavy atom. The maximum atomic E-state index is 13.0. The molecule has 1 saturated heterocycles. The summed E-state index contributed by atoms with van der Waals surface area (Å²) in [6, 6.07) is 13.5. The number of thiazole rings is 1. The number of methoxy groups -OCH3 is 1. The van der Waals surface area contributed by atoms with E-state index in [2.05, 4.69) is 4.98 Å². The molecule has 1 aliphatic rings. The zero-order valence-corrected chi connectivity index (χ0v) is 16.6. The number of carbonyl (C=O) groups is 2. The monoisotopic (exact) mass is 406 g/mol. The molecule has 1 atom stereocenters. The number of ether oxygens (including phenoxy) is 1. The number of nitrogens with zero attached hydrogens (tertiary/aromatic N) is 2. The van der Waals surface area contributed by atoms with Gasteiger partial charge in [0.1, 0.15) is 11.5 Å². The molecule has 1 fully saturated rings. The minimum Gasteiger partial charge on any atom is -0.507 e. The summed E-state index contributed by atoms with van der Waals surface area (Å²) in [5, 5.41) is 13.2. The Labute approximate surface area is 171 Å². The van der Waals surface area contributed by atoms with Crippen molar-refractivity contribution in [3.8, 4) is 5.75 Å². The van der Waals surface area contributed by atoms with Crippen LogP contribution in [0, 0.1) is 6.92 Å². The number of ketones is 1. The Kier molecular flexibility index (Phi) is 4.90. The van der Waals surface area contributed by atoms with Gasteiger partial charge in [0.2, 0.25) is 0 Å². The minimum absolute atomic E-state index is 0.0426. The highest BCUT2D eigenvalue weighted by Crippen LogP contribution is 2.42. The van der Waals surface area contributed by atoms with Gasteiger partial charge < -0.3 is 9.84 Å². The first-order chi connectivity index (χ1) is 14.0. The smallest absolute Gasteiger partial charge is 0.301 e. The van der Waals surface area contributed by atoms with Crippen molar-refractivity contribution in [3.05, 3.63) is 82.4 Å². The van der Waals surface area contributed by atoms with Crippen LogP contribution in [0.3, 0.4) is 0 Å². The average Bonchev–Trinajstić information content (AvgIpc) is 3.35. The van der Waals surface area contributed by atoms with E-state index in [0.717, 1.165) is 5.56 Å². The molecular weight excluding hydrogens is 388 g/mol. The summed E-state index contributed by atoms with van der Waals surface area (Å²) in [6.07, 6.45) is 1.58. The molecule has 1 unspecified atom stereocenters. The molecule has 0 radical (unpaired) electrons. The van der Waals surface area contributed by atoms with E-state index in [0.29, 0.717) is 22.0 Å². The molecular formula is C22H18N2O4S. The summed E-state index contributed by atoms with van der Waals surface area (Å²) in [5.74, 6) is -0.994. The Bertz CT molecular complexity index is 1110. The van der Waals surface area contributed by atoms with Crippen LogP contribution in [0.1, 0.15) is 22.7 Å². The number of aryl methyl sites for hydroxylation is 1. The van der Waals surface area contributed by atoms with Gasteiger partial charge in [-0.05, 0) is 36.2 Å². The zero-order chi connectivity index (χ0) is 20.5. The van der Waals surface area contributed by atoms with E-state index < -0.39 is 17.7 Å². The van der Waals surface area contributed by atoms with Gasteiger partial charge in [-0.15, -0.1) is 11.3 Å². The molecule has 0 saturated carbocycles. The van der Waals surface area contributed by atoms with Crippen LogP contribution in [0.25, 0.3) is 5.76 Å². The normalized spacial score (nSPS) is 18.3. The fourth-order valence-corrected chi connectivity index (χ4v) is 4.16. The quantitative estimate of drug-likeness (QED) is 0.401. The number of carbonyl (C=O) groups excluding carboxylic acids is 2. The van der Waals surface area contributed by atoms with Crippen molar-refractivity contribution in [1.29, 1.82) is 0 Å².